The molecule has 0 aliphatic heterocycles. The Morgan fingerprint density at radius 2 is 2.00 bits per heavy atom. The number of aromatic nitrogens is 2. The zero-order valence-corrected chi connectivity index (χ0v) is 9.71. The van der Waals surface area contributed by atoms with Crippen molar-refractivity contribution in [2.75, 3.05) is 5.73 Å². The Morgan fingerprint density at radius 3 is 2.78 bits per heavy atom. The molecule has 0 amide bonds. The minimum Gasteiger partial charge on any atom is -0.399 e. The predicted octanol–water partition coefficient (Wildman–Crippen LogP) is 1.38. The molecule has 0 atom stereocenters. The van der Waals surface area contributed by atoms with Gasteiger partial charge in [0, 0.05) is 18.2 Å². The highest BCUT2D eigenvalue weighted by molar-refractivity contribution is 5.80. The van der Waals surface area contributed by atoms with Crippen molar-refractivity contribution < 1.29 is 0 Å². The van der Waals surface area contributed by atoms with Gasteiger partial charge in [0.25, 0.3) is 5.56 Å². The number of fused-ring (bicyclic) bond motifs is 1. The van der Waals surface area contributed by atoms with Gasteiger partial charge in [-0.25, -0.2) is 4.98 Å². The van der Waals surface area contributed by atoms with Crippen LogP contribution in [0.1, 0.15) is 0 Å². The molecule has 1 aliphatic rings. The average molecular weight is 238 g/mol. The highest BCUT2D eigenvalue weighted by Crippen LogP contribution is 2.24. The standard InChI is InChI=1S/C14H12N3O/c15-11-5-6-12-13(7-11)16-9-17(14(12)18)8-10-3-1-2-4-10/h1-7,9H,8,15H2. The lowest BCUT2D eigenvalue weighted by Crippen LogP contribution is -2.23. The highest BCUT2D eigenvalue weighted by Gasteiger charge is 2.18. The second-order valence-electron chi connectivity index (χ2n) is 4.25. The molecule has 2 N–H and O–H groups in total. The average Bonchev–Trinajstić information content (AvgIpc) is 2.85. The van der Waals surface area contributed by atoms with Gasteiger partial charge in [-0.05, 0) is 43.9 Å². The molecule has 2 aromatic rings. The quantitative estimate of drug-likeness (QED) is 0.804. The summed E-state index contributed by atoms with van der Waals surface area (Å²) < 4.78 is 1.61. The van der Waals surface area contributed by atoms with E-state index in [0.717, 1.165) is 5.92 Å². The highest BCUT2D eigenvalue weighted by atomic mass is 16.1. The van der Waals surface area contributed by atoms with Crippen molar-refractivity contribution in [3.63, 3.8) is 0 Å². The van der Waals surface area contributed by atoms with Gasteiger partial charge in [0.15, 0.2) is 0 Å². The van der Waals surface area contributed by atoms with Gasteiger partial charge < -0.3 is 5.73 Å². The summed E-state index contributed by atoms with van der Waals surface area (Å²) in [5.74, 6) is 1.09. The van der Waals surface area contributed by atoms with Crippen LogP contribution in [0.5, 0.6) is 0 Å². The number of rotatable bonds is 2. The minimum atomic E-state index is -0.0406. The molecule has 1 saturated carbocycles. The van der Waals surface area contributed by atoms with E-state index in [-0.39, 0.29) is 5.56 Å². The van der Waals surface area contributed by atoms with Crippen LogP contribution in [0, 0.1) is 31.6 Å². The third kappa shape index (κ3) is 1.98. The summed E-state index contributed by atoms with van der Waals surface area (Å²) in [5.41, 5.74) is 6.88. The number of nitrogens with two attached hydrogens (primary N) is 1. The van der Waals surface area contributed by atoms with Crippen LogP contribution >= 0.6 is 0 Å². The van der Waals surface area contributed by atoms with E-state index in [2.05, 4.69) is 4.98 Å². The molecule has 1 aromatic carbocycles. The minimum absolute atomic E-state index is 0.0406. The van der Waals surface area contributed by atoms with E-state index in [1.807, 2.05) is 25.7 Å². The van der Waals surface area contributed by atoms with E-state index in [1.54, 1.807) is 29.1 Å². The van der Waals surface area contributed by atoms with Crippen molar-refractivity contribution in [1.82, 2.24) is 9.55 Å². The molecule has 4 nitrogen and oxygen atoms in total. The monoisotopic (exact) mass is 238 g/mol. The Kier molecular flexibility index (Phi) is 2.78. The molecule has 0 spiro atoms. The Hall–Kier alpha value is -1.84. The maximum Gasteiger partial charge on any atom is 0.261 e. The first-order valence-corrected chi connectivity index (χ1v) is 5.69. The fourth-order valence-electron chi connectivity index (χ4n) is 2.00. The summed E-state index contributed by atoms with van der Waals surface area (Å²) in [4.78, 5) is 16.5. The van der Waals surface area contributed by atoms with Crippen LogP contribution in [0.2, 0.25) is 0 Å². The maximum atomic E-state index is 12.2. The molecule has 1 fully saturated rings. The first-order valence-electron chi connectivity index (χ1n) is 5.69. The molecule has 0 unspecified atom stereocenters. The number of nitrogens with zero attached hydrogens (tertiary/aromatic N) is 2. The summed E-state index contributed by atoms with van der Waals surface area (Å²) in [6, 6.07) is 5.16. The first kappa shape index (κ1) is 11.3. The van der Waals surface area contributed by atoms with Gasteiger partial charge in [-0.15, -0.1) is 0 Å². The third-order valence-corrected chi connectivity index (χ3v) is 2.93. The fourth-order valence-corrected chi connectivity index (χ4v) is 2.00. The first-order chi connectivity index (χ1) is 8.74. The van der Waals surface area contributed by atoms with Crippen LogP contribution in [0.4, 0.5) is 5.69 Å². The Bertz CT molecular complexity index is 626. The van der Waals surface area contributed by atoms with Crippen molar-refractivity contribution in [2.45, 2.75) is 6.54 Å². The number of nitrogen functional groups attached to an aromatic ring is 1. The largest absolute Gasteiger partial charge is 0.399 e. The summed E-state index contributed by atoms with van der Waals surface area (Å²) in [5, 5.41) is 0.596. The molecule has 0 saturated heterocycles. The number of benzene rings is 1. The molecule has 4 heteroatoms. The second kappa shape index (κ2) is 4.44. The van der Waals surface area contributed by atoms with Gasteiger partial charge in [0.1, 0.15) is 0 Å². The second-order valence-corrected chi connectivity index (χ2v) is 4.25. The van der Waals surface area contributed by atoms with Gasteiger partial charge >= 0.3 is 0 Å². The molecule has 89 valence electrons. The van der Waals surface area contributed by atoms with Crippen LogP contribution in [0.3, 0.4) is 0 Å². The number of anilines is 1. The van der Waals surface area contributed by atoms with Crippen molar-refractivity contribution in [3.05, 3.63) is 66.5 Å². The normalized spacial score (nSPS) is 16.4. The fraction of sp³-hybridized carbons (Fsp3) is 0.0714. The summed E-state index contributed by atoms with van der Waals surface area (Å²) >= 11 is 0. The van der Waals surface area contributed by atoms with Crippen molar-refractivity contribution in [1.29, 1.82) is 0 Å². The van der Waals surface area contributed by atoms with Crippen LogP contribution in [0.25, 0.3) is 10.9 Å². The Morgan fingerprint density at radius 1 is 1.22 bits per heavy atom. The van der Waals surface area contributed by atoms with E-state index in [9.17, 15) is 4.79 Å². The number of hydrogen-bond acceptors (Lipinski definition) is 3. The lowest BCUT2D eigenvalue weighted by atomic mass is 10.1. The summed E-state index contributed by atoms with van der Waals surface area (Å²) in [6.45, 7) is 0.541. The van der Waals surface area contributed by atoms with Crippen LogP contribution < -0.4 is 11.3 Å². The van der Waals surface area contributed by atoms with E-state index in [1.165, 1.54) is 0 Å². The zero-order chi connectivity index (χ0) is 12.5. The molecule has 1 aliphatic carbocycles. The van der Waals surface area contributed by atoms with E-state index >= 15 is 0 Å². The van der Waals surface area contributed by atoms with E-state index in [4.69, 9.17) is 5.73 Å². The molecular formula is C14H12N3O. The molecule has 5 radical (unpaired) electrons. The van der Waals surface area contributed by atoms with Crippen LogP contribution in [0.15, 0.2) is 29.3 Å². The van der Waals surface area contributed by atoms with Crippen molar-refractivity contribution in [2.24, 2.45) is 0 Å². The van der Waals surface area contributed by atoms with Gasteiger partial charge in [-0.3, -0.25) is 9.36 Å². The van der Waals surface area contributed by atoms with Gasteiger partial charge in [-0.2, -0.15) is 0 Å². The summed E-state index contributed by atoms with van der Waals surface area (Å²) in [7, 11) is 0. The summed E-state index contributed by atoms with van der Waals surface area (Å²) in [6.07, 6.45) is 9.45. The maximum absolute atomic E-state index is 12.2. The molecule has 1 aromatic heterocycles. The van der Waals surface area contributed by atoms with E-state index < -0.39 is 0 Å². The number of hydrogen-bond donors (Lipinski definition) is 1. The predicted molar refractivity (Wildman–Crippen MR) is 70.9 cm³/mol. The SMILES string of the molecule is Nc1ccc2c(=O)n(C[C]3[CH][CH][CH][CH]3)cnc2c1. The van der Waals surface area contributed by atoms with Crippen LogP contribution in [-0.4, -0.2) is 9.55 Å². The lowest BCUT2D eigenvalue weighted by Gasteiger charge is -2.10. The lowest BCUT2D eigenvalue weighted by molar-refractivity contribution is 0.703. The van der Waals surface area contributed by atoms with Crippen molar-refractivity contribution in [3.8, 4) is 0 Å². The Balaban J connectivity index is 2.00. The topological polar surface area (TPSA) is 60.9 Å². The molecular weight excluding hydrogens is 226 g/mol. The molecule has 18 heavy (non-hydrogen) atoms. The van der Waals surface area contributed by atoms with Gasteiger partial charge in [0.05, 0.1) is 17.2 Å². The smallest absolute Gasteiger partial charge is 0.261 e. The zero-order valence-electron chi connectivity index (χ0n) is 9.71. The Labute approximate surface area is 105 Å². The molecule has 0 bridgehead atoms. The molecule has 1 heterocycles. The molecule has 3 rings (SSSR count). The van der Waals surface area contributed by atoms with Gasteiger partial charge in [0.2, 0.25) is 0 Å². The third-order valence-electron chi connectivity index (χ3n) is 2.93. The van der Waals surface area contributed by atoms with Crippen LogP contribution in [-0.2, 0) is 6.54 Å². The van der Waals surface area contributed by atoms with Gasteiger partial charge in [-0.1, -0.05) is 0 Å². The van der Waals surface area contributed by atoms with E-state index in [0.29, 0.717) is 23.1 Å². The van der Waals surface area contributed by atoms with Crippen molar-refractivity contribution >= 4 is 16.6 Å².